The fourth-order valence-corrected chi connectivity index (χ4v) is 2.08. The van der Waals surface area contributed by atoms with Gasteiger partial charge in [-0.2, -0.15) is 0 Å². The Hall–Kier alpha value is -1.14. The molecule has 1 aliphatic rings. The smallest absolute Gasteiger partial charge is 0.308 e. The maximum Gasteiger partial charge on any atom is 0.308 e. The number of nitrogens with zero attached hydrogens (tertiary/aromatic N) is 1. The molecule has 2 atom stereocenters. The molecule has 6 heteroatoms. The number of piperidine rings is 1. The summed E-state index contributed by atoms with van der Waals surface area (Å²) < 4.78 is 0. The van der Waals surface area contributed by atoms with E-state index in [1.807, 2.05) is 4.90 Å². The lowest BCUT2D eigenvalue weighted by Gasteiger charge is -2.34. The van der Waals surface area contributed by atoms with Crippen molar-refractivity contribution in [3.05, 3.63) is 0 Å². The van der Waals surface area contributed by atoms with E-state index in [0.29, 0.717) is 26.1 Å². The normalized spacial score (nSPS) is 26.6. The predicted molar refractivity (Wildman–Crippen MR) is 57.0 cm³/mol. The van der Waals surface area contributed by atoms with Crippen LogP contribution in [0.2, 0.25) is 0 Å². The second-order valence-electron chi connectivity index (χ2n) is 4.12. The Morgan fingerprint density at radius 2 is 1.88 bits per heavy atom. The lowest BCUT2D eigenvalue weighted by atomic mass is 9.85. The van der Waals surface area contributed by atoms with Crippen LogP contribution in [-0.2, 0) is 9.59 Å². The number of carbonyl (C=O) groups is 2. The summed E-state index contributed by atoms with van der Waals surface area (Å²) in [7, 11) is 0. The zero-order valence-electron chi connectivity index (χ0n) is 9.13. The molecule has 92 valence electrons. The molecular formula is C10H18N2O4. The highest BCUT2D eigenvalue weighted by Crippen LogP contribution is 2.24. The van der Waals surface area contributed by atoms with Gasteiger partial charge in [-0.15, -0.1) is 0 Å². The first-order chi connectivity index (χ1) is 7.56. The minimum Gasteiger partial charge on any atom is -0.481 e. The molecule has 1 heterocycles. The van der Waals surface area contributed by atoms with Crippen LogP contribution in [0.15, 0.2) is 0 Å². The molecule has 0 amide bonds. The minimum absolute atomic E-state index is 0.312. The number of carboxylic acids is 2. The second kappa shape index (κ2) is 5.81. The quantitative estimate of drug-likeness (QED) is 0.585. The van der Waals surface area contributed by atoms with E-state index < -0.39 is 23.8 Å². The summed E-state index contributed by atoms with van der Waals surface area (Å²) in [5.41, 5.74) is 5.38. The van der Waals surface area contributed by atoms with Gasteiger partial charge in [-0.25, -0.2) is 0 Å². The number of hydrogen-bond acceptors (Lipinski definition) is 4. The highest BCUT2D eigenvalue weighted by molar-refractivity contribution is 5.80. The Morgan fingerprint density at radius 3 is 2.38 bits per heavy atom. The van der Waals surface area contributed by atoms with E-state index in [9.17, 15) is 9.59 Å². The second-order valence-corrected chi connectivity index (χ2v) is 4.12. The maximum atomic E-state index is 11.0. The van der Waals surface area contributed by atoms with E-state index >= 15 is 0 Å². The Balaban J connectivity index is 2.58. The molecule has 1 rings (SSSR count). The molecule has 1 saturated heterocycles. The van der Waals surface area contributed by atoms with Crippen molar-refractivity contribution in [3.63, 3.8) is 0 Å². The third kappa shape index (κ3) is 3.18. The van der Waals surface area contributed by atoms with Gasteiger partial charge in [0.05, 0.1) is 11.8 Å². The summed E-state index contributed by atoms with van der Waals surface area (Å²) in [5.74, 6) is -3.59. The first-order valence-electron chi connectivity index (χ1n) is 5.44. The summed E-state index contributed by atoms with van der Waals surface area (Å²) in [5, 5.41) is 17.9. The molecular weight excluding hydrogens is 212 g/mol. The third-order valence-electron chi connectivity index (χ3n) is 3.01. The summed E-state index contributed by atoms with van der Waals surface area (Å²) in [6, 6.07) is 0. The lowest BCUT2D eigenvalue weighted by molar-refractivity contribution is -0.157. The van der Waals surface area contributed by atoms with Gasteiger partial charge < -0.3 is 20.8 Å². The van der Waals surface area contributed by atoms with Gasteiger partial charge in [0.15, 0.2) is 0 Å². The first kappa shape index (κ1) is 12.9. The molecule has 16 heavy (non-hydrogen) atoms. The van der Waals surface area contributed by atoms with Crippen LogP contribution in [0.3, 0.4) is 0 Å². The zero-order valence-corrected chi connectivity index (χ0v) is 9.13. The molecule has 0 aromatic carbocycles. The average molecular weight is 230 g/mol. The number of likely N-dealkylation sites (tertiary alicyclic amines) is 1. The number of carboxylic acid groups (broad SMARTS) is 2. The van der Waals surface area contributed by atoms with Gasteiger partial charge in [0.25, 0.3) is 0 Å². The Labute approximate surface area is 94.0 Å². The van der Waals surface area contributed by atoms with Crippen LogP contribution in [0.4, 0.5) is 0 Å². The van der Waals surface area contributed by atoms with Gasteiger partial charge in [-0.3, -0.25) is 9.59 Å². The van der Waals surface area contributed by atoms with E-state index in [-0.39, 0.29) is 0 Å². The molecule has 0 saturated carbocycles. The van der Waals surface area contributed by atoms with E-state index in [2.05, 4.69) is 0 Å². The zero-order chi connectivity index (χ0) is 12.1. The van der Waals surface area contributed by atoms with Gasteiger partial charge >= 0.3 is 11.9 Å². The SMILES string of the molecule is NCCCN1CCC(C(=O)O)C(C(=O)O)C1. The van der Waals surface area contributed by atoms with Gasteiger partial charge in [0, 0.05) is 6.54 Å². The van der Waals surface area contributed by atoms with Crippen LogP contribution in [0.1, 0.15) is 12.8 Å². The first-order valence-corrected chi connectivity index (χ1v) is 5.44. The van der Waals surface area contributed by atoms with Gasteiger partial charge in [0.2, 0.25) is 0 Å². The van der Waals surface area contributed by atoms with Crippen molar-refractivity contribution in [1.29, 1.82) is 0 Å². The Bertz CT molecular complexity index is 270. The summed E-state index contributed by atoms with van der Waals surface area (Å²) >= 11 is 0. The summed E-state index contributed by atoms with van der Waals surface area (Å²) in [6.45, 7) is 2.26. The molecule has 1 aliphatic heterocycles. The van der Waals surface area contributed by atoms with Crippen molar-refractivity contribution >= 4 is 11.9 Å². The van der Waals surface area contributed by atoms with E-state index in [4.69, 9.17) is 15.9 Å². The Morgan fingerprint density at radius 1 is 1.25 bits per heavy atom. The van der Waals surface area contributed by atoms with Gasteiger partial charge in [0.1, 0.15) is 0 Å². The third-order valence-corrected chi connectivity index (χ3v) is 3.01. The summed E-state index contributed by atoms with van der Waals surface area (Å²) in [6.07, 6.45) is 1.21. The molecule has 0 aromatic rings. The molecule has 0 aromatic heterocycles. The van der Waals surface area contributed by atoms with Crippen LogP contribution < -0.4 is 5.73 Å². The highest BCUT2D eigenvalue weighted by atomic mass is 16.4. The van der Waals surface area contributed by atoms with Crippen LogP contribution in [0, 0.1) is 11.8 Å². The van der Waals surface area contributed by atoms with Gasteiger partial charge in [-0.1, -0.05) is 0 Å². The summed E-state index contributed by atoms with van der Waals surface area (Å²) in [4.78, 5) is 23.8. The molecule has 2 unspecified atom stereocenters. The maximum absolute atomic E-state index is 11.0. The minimum atomic E-state index is -1.02. The van der Waals surface area contributed by atoms with Crippen molar-refractivity contribution in [3.8, 4) is 0 Å². The number of rotatable bonds is 5. The number of hydrogen-bond donors (Lipinski definition) is 3. The standard InChI is InChI=1S/C10H18N2O4/c11-3-1-4-12-5-2-7(9(13)14)8(6-12)10(15)16/h7-8H,1-6,11H2,(H,13,14)(H,15,16). The topological polar surface area (TPSA) is 104 Å². The largest absolute Gasteiger partial charge is 0.481 e. The number of aliphatic carboxylic acids is 2. The van der Waals surface area contributed by atoms with E-state index in [0.717, 1.165) is 13.0 Å². The highest BCUT2D eigenvalue weighted by Gasteiger charge is 2.38. The van der Waals surface area contributed by atoms with Crippen molar-refractivity contribution in [2.45, 2.75) is 12.8 Å². The van der Waals surface area contributed by atoms with E-state index in [1.54, 1.807) is 0 Å². The predicted octanol–water partition coefficient (Wildman–Crippen LogP) is -0.557. The number of nitrogens with two attached hydrogens (primary N) is 1. The molecule has 6 nitrogen and oxygen atoms in total. The fraction of sp³-hybridized carbons (Fsp3) is 0.800. The van der Waals surface area contributed by atoms with Crippen molar-refractivity contribution in [1.82, 2.24) is 4.90 Å². The van der Waals surface area contributed by atoms with Crippen LogP contribution in [0.5, 0.6) is 0 Å². The molecule has 0 aliphatic carbocycles. The van der Waals surface area contributed by atoms with Crippen molar-refractivity contribution in [2.24, 2.45) is 17.6 Å². The van der Waals surface area contributed by atoms with Crippen LogP contribution in [0.25, 0.3) is 0 Å². The lowest BCUT2D eigenvalue weighted by Crippen LogP contribution is -2.46. The van der Waals surface area contributed by atoms with Crippen LogP contribution in [-0.4, -0.2) is 53.2 Å². The fourth-order valence-electron chi connectivity index (χ4n) is 2.08. The molecule has 1 fully saturated rings. The monoisotopic (exact) mass is 230 g/mol. The molecule has 4 N–H and O–H groups in total. The van der Waals surface area contributed by atoms with Crippen molar-refractivity contribution in [2.75, 3.05) is 26.2 Å². The molecule has 0 spiro atoms. The average Bonchev–Trinajstić information content (AvgIpc) is 2.25. The van der Waals surface area contributed by atoms with Gasteiger partial charge in [-0.05, 0) is 32.5 Å². The molecule has 0 bridgehead atoms. The van der Waals surface area contributed by atoms with Crippen LogP contribution >= 0.6 is 0 Å². The molecule has 0 radical (unpaired) electrons. The van der Waals surface area contributed by atoms with Crippen molar-refractivity contribution < 1.29 is 19.8 Å². The van der Waals surface area contributed by atoms with E-state index in [1.165, 1.54) is 0 Å². The Kier molecular flexibility index (Phi) is 4.70.